The Kier molecular flexibility index (Phi) is 2.93. The van der Waals surface area contributed by atoms with Crippen LogP contribution in [0.15, 0.2) is 0 Å². The van der Waals surface area contributed by atoms with E-state index in [0.29, 0.717) is 12.8 Å². The fourth-order valence-electron chi connectivity index (χ4n) is 1.27. The van der Waals surface area contributed by atoms with Crippen LogP contribution >= 0.6 is 11.8 Å². The minimum atomic E-state index is -3.60. The summed E-state index contributed by atoms with van der Waals surface area (Å²) in [6.07, 6.45) is 3.31. The Bertz CT molecular complexity index is 178. The molecule has 1 N–H and O–H groups in total. The summed E-state index contributed by atoms with van der Waals surface area (Å²) in [7, 11) is 0. The van der Waals surface area contributed by atoms with Crippen LogP contribution in [0, 0.1) is 0 Å². The molecule has 0 aliphatic heterocycles. The molecule has 0 aromatic carbocycles. The molecule has 5 heteroatoms. The van der Waals surface area contributed by atoms with E-state index in [2.05, 4.69) is 0 Å². The zero-order valence-electron chi connectivity index (χ0n) is 6.43. The van der Waals surface area contributed by atoms with Gasteiger partial charge in [-0.1, -0.05) is 24.6 Å². The molecule has 0 aromatic heterocycles. The summed E-state index contributed by atoms with van der Waals surface area (Å²) >= 11 is 0.285. The van der Waals surface area contributed by atoms with Crippen molar-refractivity contribution in [3.63, 3.8) is 0 Å². The van der Waals surface area contributed by atoms with Crippen molar-refractivity contribution in [2.45, 2.75) is 36.2 Å². The Hall–Kier alpha value is -0.320. The predicted octanol–water partition coefficient (Wildman–Crippen LogP) is 2.34. The van der Waals surface area contributed by atoms with Crippen molar-refractivity contribution in [1.82, 2.24) is 0 Å². The van der Waals surface area contributed by atoms with E-state index < -0.39 is 11.2 Å². The number of carboxylic acid groups (broad SMARTS) is 1. The Morgan fingerprint density at radius 3 is 2.33 bits per heavy atom. The summed E-state index contributed by atoms with van der Waals surface area (Å²) in [5.74, 6) is -2.03. The van der Waals surface area contributed by atoms with Crippen LogP contribution in [0.5, 0.6) is 0 Å². The molecule has 0 radical (unpaired) electrons. The molecule has 0 saturated heterocycles. The van der Waals surface area contributed by atoms with Gasteiger partial charge in [-0.25, -0.2) is 4.79 Å². The molecule has 0 aromatic rings. The van der Waals surface area contributed by atoms with Crippen molar-refractivity contribution in [2.24, 2.45) is 0 Å². The molecule has 0 unspecified atom stereocenters. The van der Waals surface area contributed by atoms with Gasteiger partial charge in [0.1, 0.15) is 0 Å². The molecule has 70 valence electrons. The summed E-state index contributed by atoms with van der Waals surface area (Å²) in [5, 5.41) is 4.36. The lowest BCUT2D eigenvalue weighted by molar-refractivity contribution is -0.152. The lowest BCUT2D eigenvalue weighted by Gasteiger charge is -2.14. The zero-order valence-corrected chi connectivity index (χ0v) is 7.24. The van der Waals surface area contributed by atoms with E-state index in [1.54, 1.807) is 0 Å². The highest BCUT2D eigenvalue weighted by Crippen LogP contribution is 2.39. The predicted molar refractivity (Wildman–Crippen MR) is 42.4 cm³/mol. The highest BCUT2D eigenvalue weighted by atomic mass is 32.2. The Morgan fingerprint density at radius 1 is 1.42 bits per heavy atom. The summed E-state index contributed by atoms with van der Waals surface area (Å²) < 4.78 is 25.1. The Labute approximate surface area is 73.3 Å². The number of halogens is 2. The van der Waals surface area contributed by atoms with Crippen molar-refractivity contribution in [3.05, 3.63) is 0 Å². The second-order valence-corrected chi connectivity index (χ2v) is 4.26. The number of thioether (sulfide) groups is 1. The molecule has 0 amide bonds. The largest absolute Gasteiger partial charge is 0.476 e. The lowest BCUT2D eigenvalue weighted by atomic mass is 10.4. The maximum Gasteiger partial charge on any atom is 0.389 e. The van der Waals surface area contributed by atoms with Gasteiger partial charge in [0.2, 0.25) is 0 Å². The first kappa shape index (κ1) is 9.77. The van der Waals surface area contributed by atoms with Gasteiger partial charge >= 0.3 is 11.2 Å². The topological polar surface area (TPSA) is 37.3 Å². The first-order chi connectivity index (χ1) is 5.52. The minimum absolute atomic E-state index is 0.170. The Morgan fingerprint density at radius 2 is 1.92 bits per heavy atom. The zero-order chi connectivity index (χ0) is 9.19. The van der Waals surface area contributed by atoms with Crippen molar-refractivity contribution in [1.29, 1.82) is 0 Å². The van der Waals surface area contributed by atoms with Crippen LogP contribution < -0.4 is 0 Å². The van der Waals surface area contributed by atoms with Gasteiger partial charge in [-0.2, -0.15) is 8.78 Å². The number of hydrogen-bond acceptors (Lipinski definition) is 2. The quantitative estimate of drug-likeness (QED) is 0.752. The second-order valence-electron chi connectivity index (χ2n) is 2.85. The van der Waals surface area contributed by atoms with Crippen LogP contribution in [0.2, 0.25) is 0 Å². The highest BCUT2D eigenvalue weighted by molar-refractivity contribution is 8.01. The van der Waals surface area contributed by atoms with Gasteiger partial charge in [-0.15, -0.1) is 0 Å². The van der Waals surface area contributed by atoms with Gasteiger partial charge in [0.25, 0.3) is 0 Å². The molecule has 0 bridgehead atoms. The van der Waals surface area contributed by atoms with E-state index in [1.807, 2.05) is 0 Å². The third kappa shape index (κ3) is 2.33. The third-order valence-corrected chi connectivity index (χ3v) is 3.14. The van der Waals surface area contributed by atoms with Gasteiger partial charge in [0.05, 0.1) is 0 Å². The number of alkyl halides is 2. The standard InChI is InChI=1S/C7H10F2O2S/c8-7(9,6(10)11)12-5-3-1-2-4-5/h5H,1-4H2,(H,10,11). The van der Waals surface area contributed by atoms with Gasteiger partial charge < -0.3 is 5.11 Å². The number of carbonyl (C=O) groups is 1. The molecule has 1 fully saturated rings. The molecule has 0 atom stereocenters. The van der Waals surface area contributed by atoms with E-state index in [9.17, 15) is 13.6 Å². The average Bonchev–Trinajstić information content (AvgIpc) is 2.38. The molecule has 0 heterocycles. The first-order valence-corrected chi connectivity index (χ1v) is 4.69. The van der Waals surface area contributed by atoms with E-state index in [1.165, 1.54) is 0 Å². The average molecular weight is 196 g/mol. The molecule has 0 spiro atoms. The van der Waals surface area contributed by atoms with E-state index >= 15 is 0 Å². The maximum absolute atomic E-state index is 12.6. The lowest BCUT2D eigenvalue weighted by Crippen LogP contribution is -2.26. The van der Waals surface area contributed by atoms with E-state index in [4.69, 9.17) is 5.11 Å². The molecule has 12 heavy (non-hydrogen) atoms. The second kappa shape index (κ2) is 3.60. The van der Waals surface area contributed by atoms with E-state index in [0.717, 1.165) is 12.8 Å². The van der Waals surface area contributed by atoms with Gasteiger partial charge in [-0.3, -0.25) is 0 Å². The summed E-state index contributed by atoms with van der Waals surface area (Å²) in [6, 6.07) is 0. The van der Waals surface area contributed by atoms with Crippen molar-refractivity contribution in [3.8, 4) is 0 Å². The van der Waals surface area contributed by atoms with Crippen LogP contribution in [0.25, 0.3) is 0 Å². The van der Waals surface area contributed by atoms with E-state index in [-0.39, 0.29) is 17.0 Å². The maximum atomic E-state index is 12.6. The SMILES string of the molecule is O=C(O)C(F)(F)SC1CCCC1. The summed E-state index contributed by atoms with van der Waals surface area (Å²) in [4.78, 5) is 10.0. The fraction of sp³-hybridized carbons (Fsp3) is 0.857. The van der Waals surface area contributed by atoms with Crippen molar-refractivity contribution >= 4 is 17.7 Å². The van der Waals surface area contributed by atoms with Crippen LogP contribution in [0.4, 0.5) is 8.78 Å². The normalized spacial score (nSPS) is 19.8. The third-order valence-electron chi connectivity index (χ3n) is 1.87. The van der Waals surface area contributed by atoms with Crippen LogP contribution in [0.3, 0.4) is 0 Å². The van der Waals surface area contributed by atoms with Crippen molar-refractivity contribution in [2.75, 3.05) is 0 Å². The molecule has 1 rings (SSSR count). The Balaban J connectivity index is 2.42. The van der Waals surface area contributed by atoms with Crippen LogP contribution in [0.1, 0.15) is 25.7 Å². The molecular weight excluding hydrogens is 186 g/mol. The number of carboxylic acids is 1. The monoisotopic (exact) mass is 196 g/mol. The fourth-order valence-corrected chi connectivity index (χ4v) is 2.35. The molecule has 1 aliphatic carbocycles. The number of hydrogen-bond donors (Lipinski definition) is 1. The van der Waals surface area contributed by atoms with Gasteiger partial charge in [0.15, 0.2) is 0 Å². The van der Waals surface area contributed by atoms with Gasteiger partial charge in [-0.05, 0) is 12.8 Å². The molecular formula is C7H10F2O2S. The molecule has 1 aliphatic rings. The van der Waals surface area contributed by atoms with Gasteiger partial charge in [0, 0.05) is 5.25 Å². The highest BCUT2D eigenvalue weighted by Gasteiger charge is 2.42. The molecule has 2 nitrogen and oxygen atoms in total. The number of aliphatic carboxylic acids is 1. The molecule has 1 saturated carbocycles. The summed E-state index contributed by atoms with van der Waals surface area (Å²) in [6.45, 7) is 0. The van der Waals surface area contributed by atoms with Crippen molar-refractivity contribution < 1.29 is 18.7 Å². The smallest absolute Gasteiger partial charge is 0.389 e. The van der Waals surface area contributed by atoms with Crippen LogP contribution in [-0.4, -0.2) is 21.6 Å². The summed E-state index contributed by atoms with van der Waals surface area (Å²) in [5.41, 5.74) is 0. The minimum Gasteiger partial charge on any atom is -0.476 e. The number of rotatable bonds is 3. The van der Waals surface area contributed by atoms with Crippen LogP contribution in [-0.2, 0) is 4.79 Å². The first-order valence-electron chi connectivity index (χ1n) is 3.81.